The molecule has 1 aromatic rings. The van der Waals surface area contributed by atoms with Gasteiger partial charge < -0.3 is 14.4 Å². The van der Waals surface area contributed by atoms with Gasteiger partial charge in [0.25, 0.3) is 0 Å². The first-order chi connectivity index (χ1) is 6.52. The third-order valence-electron chi connectivity index (χ3n) is 1.79. The minimum absolute atomic E-state index is 0. The Bertz CT molecular complexity index is 341. The van der Waals surface area contributed by atoms with Crippen molar-refractivity contribution in [2.45, 2.75) is 13.0 Å². The Hall–Kier alpha value is -0.780. The van der Waals surface area contributed by atoms with Crippen LogP contribution in [0, 0.1) is 0 Å². The maximum Gasteiger partial charge on any atom is 0.329 e. The maximum atomic E-state index is 10.2. The van der Waals surface area contributed by atoms with Crippen LogP contribution in [-0.4, -0.2) is 27.2 Å². The van der Waals surface area contributed by atoms with Crippen LogP contribution in [0.4, 0.5) is 0 Å². The van der Waals surface area contributed by atoms with Crippen LogP contribution in [0.25, 0.3) is 0 Å². The summed E-state index contributed by atoms with van der Waals surface area (Å²) in [4.78, 5) is 14.3. The van der Waals surface area contributed by atoms with Crippen LogP contribution in [-0.2, 0) is 16.6 Å². The van der Waals surface area contributed by atoms with Crippen molar-refractivity contribution in [1.29, 1.82) is 0 Å². The van der Waals surface area contributed by atoms with Gasteiger partial charge in [-0.25, -0.2) is 9.78 Å². The first kappa shape index (κ1) is 14.2. The van der Waals surface area contributed by atoms with Crippen LogP contribution in [0.1, 0.15) is 18.9 Å². The summed E-state index contributed by atoms with van der Waals surface area (Å²) >= 11 is 5.76. The van der Waals surface area contributed by atoms with E-state index in [1.54, 1.807) is 18.5 Å². The van der Waals surface area contributed by atoms with Gasteiger partial charge in [0.1, 0.15) is 23.7 Å². The zero-order chi connectivity index (χ0) is 10.7. The number of aliphatic carboxylic acids is 1. The Morgan fingerprint density at radius 3 is 2.80 bits per heavy atom. The van der Waals surface area contributed by atoms with Crippen molar-refractivity contribution in [3.63, 3.8) is 0 Å². The number of hydrogen-bond acceptors (Lipinski definition) is 3. The molecule has 0 fully saturated rings. The number of carboxylic acids is 1. The summed E-state index contributed by atoms with van der Waals surface area (Å²) in [6.45, 7) is 1.38. The van der Waals surface area contributed by atoms with Crippen molar-refractivity contribution in [2.24, 2.45) is 7.05 Å². The predicted octanol–water partition coefficient (Wildman–Crippen LogP) is 1.66. The molecule has 1 heterocycles. The zero-order valence-electron chi connectivity index (χ0n) is 8.31. The lowest BCUT2D eigenvalue weighted by molar-refractivity contribution is -0.144. The second-order valence-corrected chi connectivity index (χ2v) is 3.23. The van der Waals surface area contributed by atoms with Crippen LogP contribution in [0.15, 0.2) is 6.20 Å². The Balaban J connectivity index is 0.00000196. The minimum atomic E-state index is -1.00. The van der Waals surface area contributed by atoms with Crippen LogP contribution in [0.5, 0.6) is 0 Å². The van der Waals surface area contributed by atoms with Gasteiger partial charge >= 0.3 is 5.97 Å². The van der Waals surface area contributed by atoms with Crippen LogP contribution >= 0.6 is 24.0 Å². The lowest BCUT2D eigenvalue weighted by atomic mass is 10.4. The second kappa shape index (κ2) is 5.95. The summed E-state index contributed by atoms with van der Waals surface area (Å²) < 4.78 is 6.69. The van der Waals surface area contributed by atoms with Gasteiger partial charge in [-0.15, -0.1) is 12.4 Å². The fraction of sp³-hybridized carbons (Fsp3) is 0.500. The molecule has 1 unspecified atom stereocenters. The molecule has 0 saturated heterocycles. The van der Waals surface area contributed by atoms with E-state index in [4.69, 9.17) is 21.4 Å². The number of carboxylic acid groups (broad SMARTS) is 1. The highest BCUT2D eigenvalue weighted by Gasteiger charge is 2.14. The summed E-state index contributed by atoms with van der Waals surface area (Å²) in [6, 6.07) is 0. The molecule has 0 radical (unpaired) electrons. The third-order valence-corrected chi connectivity index (χ3v) is 2.14. The smallest absolute Gasteiger partial charge is 0.329 e. The van der Waals surface area contributed by atoms with Crippen LogP contribution in [0.2, 0.25) is 5.15 Å². The molecule has 0 bridgehead atoms. The molecule has 0 aliphatic heterocycles. The van der Waals surface area contributed by atoms with Gasteiger partial charge in [-0.2, -0.15) is 0 Å². The van der Waals surface area contributed by atoms with E-state index in [9.17, 15) is 4.79 Å². The molecule has 1 rings (SSSR count). The highest BCUT2D eigenvalue weighted by Crippen LogP contribution is 2.18. The summed E-state index contributed by atoms with van der Waals surface area (Å²) in [7, 11) is 1.74. The number of carbonyl (C=O) groups is 1. The van der Waals surface area contributed by atoms with Gasteiger partial charge in [-0.1, -0.05) is 11.6 Å². The van der Waals surface area contributed by atoms with Crippen molar-refractivity contribution in [1.82, 2.24) is 9.55 Å². The molecule has 0 amide bonds. The normalized spacial score (nSPS) is 11.9. The van der Waals surface area contributed by atoms with E-state index in [1.807, 2.05) is 0 Å². The molecule has 0 aromatic carbocycles. The molecule has 1 N–H and O–H groups in total. The number of aromatic nitrogens is 2. The van der Waals surface area contributed by atoms with Crippen molar-refractivity contribution >= 4 is 30.0 Å². The summed E-state index contributed by atoms with van der Waals surface area (Å²) in [5.74, 6) is -0.395. The van der Waals surface area contributed by atoms with E-state index >= 15 is 0 Å². The summed E-state index contributed by atoms with van der Waals surface area (Å²) in [6.07, 6.45) is 1.11. The van der Waals surface area contributed by atoms with E-state index in [1.165, 1.54) is 6.20 Å². The molecule has 15 heavy (non-hydrogen) atoms. The highest BCUT2D eigenvalue weighted by molar-refractivity contribution is 6.29. The van der Waals surface area contributed by atoms with E-state index in [0.717, 1.165) is 0 Å². The molecule has 0 spiro atoms. The number of ether oxygens (including phenoxy) is 1. The fourth-order valence-electron chi connectivity index (χ4n) is 1.05. The van der Waals surface area contributed by atoms with Gasteiger partial charge in [0.05, 0.1) is 6.20 Å². The fourth-order valence-corrected chi connectivity index (χ4v) is 1.19. The zero-order valence-corrected chi connectivity index (χ0v) is 9.88. The lowest BCUT2D eigenvalue weighted by Gasteiger charge is -2.11. The highest BCUT2D eigenvalue weighted by atomic mass is 35.5. The molecular weight excluding hydrogens is 243 g/mol. The Labute approximate surface area is 98.4 Å². The monoisotopic (exact) mass is 254 g/mol. The Morgan fingerprint density at radius 2 is 2.40 bits per heavy atom. The van der Waals surface area contributed by atoms with Gasteiger partial charge in [0, 0.05) is 7.05 Å². The number of nitrogens with zero attached hydrogens (tertiary/aromatic N) is 2. The van der Waals surface area contributed by atoms with Crippen LogP contribution < -0.4 is 0 Å². The SMILES string of the molecule is CC(OCC(=O)O)c1ncc(Cl)n1C.Cl. The van der Waals surface area contributed by atoms with Crippen molar-refractivity contribution in [3.8, 4) is 0 Å². The number of imidazole rings is 1. The molecular formula is C8H12Cl2N2O3. The van der Waals surface area contributed by atoms with E-state index in [2.05, 4.69) is 4.98 Å². The molecule has 86 valence electrons. The van der Waals surface area contributed by atoms with Gasteiger partial charge in [-0.05, 0) is 6.92 Å². The van der Waals surface area contributed by atoms with E-state index < -0.39 is 5.97 Å². The summed E-state index contributed by atoms with van der Waals surface area (Å²) in [5, 5.41) is 8.90. The number of halogens is 2. The average Bonchev–Trinajstić information content (AvgIpc) is 2.44. The largest absolute Gasteiger partial charge is 0.480 e. The minimum Gasteiger partial charge on any atom is -0.480 e. The van der Waals surface area contributed by atoms with Crippen molar-refractivity contribution in [3.05, 3.63) is 17.2 Å². The number of hydrogen-bond donors (Lipinski definition) is 1. The molecule has 5 nitrogen and oxygen atoms in total. The third kappa shape index (κ3) is 3.70. The topological polar surface area (TPSA) is 64.3 Å². The quantitative estimate of drug-likeness (QED) is 0.888. The average molecular weight is 255 g/mol. The molecule has 1 atom stereocenters. The van der Waals surface area contributed by atoms with E-state index in [0.29, 0.717) is 11.0 Å². The second-order valence-electron chi connectivity index (χ2n) is 2.85. The summed E-state index contributed by atoms with van der Waals surface area (Å²) in [5.41, 5.74) is 0. The number of rotatable bonds is 4. The molecule has 0 aliphatic rings. The molecule has 7 heteroatoms. The maximum absolute atomic E-state index is 10.2. The molecule has 0 aliphatic carbocycles. The lowest BCUT2D eigenvalue weighted by Crippen LogP contribution is -2.13. The predicted molar refractivity (Wildman–Crippen MR) is 57.5 cm³/mol. The van der Waals surface area contributed by atoms with Crippen molar-refractivity contribution < 1.29 is 14.6 Å². The van der Waals surface area contributed by atoms with E-state index in [-0.39, 0.29) is 25.1 Å². The van der Waals surface area contributed by atoms with Crippen molar-refractivity contribution in [2.75, 3.05) is 6.61 Å². The molecule has 1 aromatic heterocycles. The van der Waals surface area contributed by atoms with Gasteiger partial charge in [0.15, 0.2) is 0 Å². The first-order valence-corrected chi connectivity index (χ1v) is 4.40. The van der Waals surface area contributed by atoms with Crippen LogP contribution in [0.3, 0.4) is 0 Å². The van der Waals surface area contributed by atoms with Gasteiger partial charge in [0.2, 0.25) is 0 Å². The first-order valence-electron chi connectivity index (χ1n) is 4.03. The Kier molecular flexibility index (Phi) is 5.64. The molecule has 0 saturated carbocycles. The standard InChI is InChI=1S/C8H11ClN2O3.ClH/c1-5(14-4-7(12)13)8-10-3-6(9)11(8)2;/h3,5H,4H2,1-2H3,(H,12,13);1H. The Morgan fingerprint density at radius 1 is 1.80 bits per heavy atom. The van der Waals surface area contributed by atoms with Gasteiger partial charge in [-0.3, -0.25) is 0 Å².